The first-order chi connectivity index (χ1) is 8.65. The van der Waals surface area contributed by atoms with E-state index in [0.29, 0.717) is 13.1 Å². The Labute approximate surface area is 108 Å². The van der Waals surface area contributed by atoms with Crippen LogP contribution in [0.1, 0.15) is 12.5 Å². The molecule has 1 fully saturated rings. The molecule has 4 heteroatoms. The fourth-order valence-electron chi connectivity index (χ4n) is 2.29. The van der Waals surface area contributed by atoms with E-state index in [1.165, 1.54) is 5.56 Å². The predicted octanol–water partition coefficient (Wildman–Crippen LogP) is 0.855. The Morgan fingerprint density at radius 1 is 1.33 bits per heavy atom. The van der Waals surface area contributed by atoms with Crippen LogP contribution in [-0.4, -0.2) is 43.5 Å². The molecule has 0 aromatic heterocycles. The molecule has 1 atom stereocenters. The molecule has 98 valence electrons. The van der Waals surface area contributed by atoms with Gasteiger partial charge in [-0.2, -0.15) is 0 Å². The molecule has 1 aromatic rings. The van der Waals surface area contributed by atoms with Crippen LogP contribution >= 0.6 is 0 Å². The van der Waals surface area contributed by atoms with Gasteiger partial charge in [0.1, 0.15) is 0 Å². The molecule has 1 heterocycles. The van der Waals surface area contributed by atoms with Crippen LogP contribution in [0.25, 0.3) is 0 Å². The molecule has 0 radical (unpaired) electrons. The van der Waals surface area contributed by atoms with Gasteiger partial charge in [-0.15, -0.1) is 0 Å². The second-order valence-electron chi connectivity index (χ2n) is 4.79. The summed E-state index contributed by atoms with van der Waals surface area (Å²) in [5, 5.41) is 0. The molecule has 1 aliphatic rings. The molecular weight excluding hydrogens is 226 g/mol. The summed E-state index contributed by atoms with van der Waals surface area (Å²) in [6, 6.07) is 8.53. The Morgan fingerprint density at radius 2 is 2.00 bits per heavy atom. The van der Waals surface area contributed by atoms with Crippen molar-refractivity contribution in [3.05, 3.63) is 29.8 Å². The molecular formula is C14H21N3O. The number of rotatable bonds is 3. The second-order valence-corrected chi connectivity index (χ2v) is 4.79. The van der Waals surface area contributed by atoms with Gasteiger partial charge >= 0.3 is 0 Å². The number of nitrogens with two attached hydrogens (primary N) is 1. The van der Waals surface area contributed by atoms with Gasteiger partial charge in [-0.25, -0.2) is 0 Å². The number of hydrogen-bond donors (Lipinski definition) is 1. The van der Waals surface area contributed by atoms with E-state index < -0.39 is 0 Å². The lowest BCUT2D eigenvalue weighted by atomic mass is 10.1. The molecule has 1 aliphatic heterocycles. The first-order valence-corrected chi connectivity index (χ1v) is 6.45. The lowest BCUT2D eigenvalue weighted by Gasteiger charge is -2.39. The van der Waals surface area contributed by atoms with Gasteiger partial charge in [-0.3, -0.25) is 4.79 Å². The molecule has 0 saturated carbocycles. The first-order valence-electron chi connectivity index (χ1n) is 6.45. The maximum atomic E-state index is 11.9. The fourth-order valence-corrected chi connectivity index (χ4v) is 2.29. The van der Waals surface area contributed by atoms with E-state index in [1.807, 2.05) is 7.05 Å². The van der Waals surface area contributed by atoms with E-state index in [-0.39, 0.29) is 11.9 Å². The van der Waals surface area contributed by atoms with Crippen molar-refractivity contribution in [2.45, 2.75) is 19.4 Å². The van der Waals surface area contributed by atoms with Crippen LogP contribution < -0.4 is 10.6 Å². The highest BCUT2D eigenvalue weighted by Crippen LogP contribution is 2.19. The number of amides is 1. The summed E-state index contributed by atoms with van der Waals surface area (Å²) in [7, 11) is 1.83. The molecule has 1 amide bonds. The summed E-state index contributed by atoms with van der Waals surface area (Å²) in [5.74, 6) is 0.135. The van der Waals surface area contributed by atoms with Crippen molar-refractivity contribution in [1.29, 1.82) is 0 Å². The average molecular weight is 247 g/mol. The standard InChI is InChI=1S/C14H21N3O/c1-3-11-4-6-12(7-5-11)17-9-13(8-15)16(2)14(18)10-17/h4-7,13H,3,8-10,15H2,1-2H3. The quantitative estimate of drug-likeness (QED) is 0.861. The van der Waals surface area contributed by atoms with Crippen LogP contribution in [0.5, 0.6) is 0 Å². The predicted molar refractivity (Wildman–Crippen MR) is 73.6 cm³/mol. The lowest BCUT2D eigenvalue weighted by molar-refractivity contribution is -0.131. The van der Waals surface area contributed by atoms with E-state index in [1.54, 1.807) is 4.90 Å². The molecule has 4 nitrogen and oxygen atoms in total. The number of aryl methyl sites for hydroxylation is 1. The van der Waals surface area contributed by atoms with Gasteiger partial charge in [-0.05, 0) is 24.1 Å². The Morgan fingerprint density at radius 3 is 2.56 bits per heavy atom. The van der Waals surface area contributed by atoms with Gasteiger partial charge in [0.25, 0.3) is 0 Å². The van der Waals surface area contributed by atoms with Gasteiger partial charge in [0.05, 0.1) is 12.6 Å². The SMILES string of the molecule is CCc1ccc(N2CC(=O)N(C)C(CN)C2)cc1. The fraction of sp³-hybridized carbons (Fsp3) is 0.500. The molecule has 0 bridgehead atoms. The maximum absolute atomic E-state index is 11.9. The highest BCUT2D eigenvalue weighted by Gasteiger charge is 2.28. The monoisotopic (exact) mass is 247 g/mol. The Bertz CT molecular complexity index is 416. The van der Waals surface area contributed by atoms with Gasteiger partial charge in [-0.1, -0.05) is 19.1 Å². The van der Waals surface area contributed by atoms with E-state index in [9.17, 15) is 4.79 Å². The topological polar surface area (TPSA) is 49.6 Å². The van der Waals surface area contributed by atoms with E-state index in [0.717, 1.165) is 18.7 Å². The number of likely N-dealkylation sites (N-methyl/N-ethyl adjacent to an activating group) is 1. The zero-order valence-electron chi connectivity index (χ0n) is 11.1. The number of carbonyl (C=O) groups is 1. The van der Waals surface area contributed by atoms with E-state index >= 15 is 0 Å². The molecule has 1 saturated heterocycles. The van der Waals surface area contributed by atoms with E-state index in [2.05, 4.69) is 36.1 Å². The number of nitrogens with zero attached hydrogens (tertiary/aromatic N) is 2. The number of anilines is 1. The third kappa shape index (κ3) is 2.48. The molecule has 18 heavy (non-hydrogen) atoms. The summed E-state index contributed by atoms with van der Waals surface area (Å²) in [6.07, 6.45) is 1.04. The van der Waals surface area contributed by atoms with Crippen LogP contribution in [0, 0.1) is 0 Å². The summed E-state index contributed by atoms with van der Waals surface area (Å²) in [5.41, 5.74) is 8.14. The van der Waals surface area contributed by atoms with Crippen molar-refractivity contribution >= 4 is 11.6 Å². The van der Waals surface area contributed by atoms with Crippen LogP contribution in [0.4, 0.5) is 5.69 Å². The molecule has 2 N–H and O–H groups in total. The van der Waals surface area contributed by atoms with Gasteiger partial charge < -0.3 is 15.5 Å². The molecule has 0 aliphatic carbocycles. The highest BCUT2D eigenvalue weighted by atomic mass is 16.2. The van der Waals surface area contributed by atoms with Crippen LogP contribution in [-0.2, 0) is 11.2 Å². The lowest BCUT2D eigenvalue weighted by Crippen LogP contribution is -2.57. The second kappa shape index (κ2) is 5.40. The Balaban J connectivity index is 2.15. The van der Waals surface area contributed by atoms with Crippen molar-refractivity contribution in [2.75, 3.05) is 31.6 Å². The molecule has 2 rings (SSSR count). The zero-order valence-corrected chi connectivity index (χ0v) is 11.1. The number of hydrogen-bond acceptors (Lipinski definition) is 3. The molecule has 1 unspecified atom stereocenters. The van der Waals surface area contributed by atoms with Gasteiger partial charge in [0, 0.05) is 25.8 Å². The summed E-state index contributed by atoms with van der Waals surface area (Å²) < 4.78 is 0. The van der Waals surface area contributed by atoms with Crippen LogP contribution in [0.2, 0.25) is 0 Å². The number of piperazine rings is 1. The number of benzene rings is 1. The van der Waals surface area contributed by atoms with Crippen molar-refractivity contribution in [3.63, 3.8) is 0 Å². The maximum Gasteiger partial charge on any atom is 0.242 e. The van der Waals surface area contributed by atoms with Crippen molar-refractivity contribution < 1.29 is 4.79 Å². The largest absolute Gasteiger partial charge is 0.360 e. The van der Waals surface area contributed by atoms with Crippen molar-refractivity contribution in [3.8, 4) is 0 Å². The Kier molecular flexibility index (Phi) is 3.87. The minimum absolute atomic E-state index is 0.108. The molecule has 1 aromatic carbocycles. The summed E-state index contributed by atoms with van der Waals surface area (Å²) in [6.45, 7) is 3.90. The third-order valence-electron chi connectivity index (χ3n) is 3.68. The van der Waals surface area contributed by atoms with Crippen LogP contribution in [0.15, 0.2) is 24.3 Å². The first kappa shape index (κ1) is 12.9. The minimum Gasteiger partial charge on any atom is -0.360 e. The van der Waals surface area contributed by atoms with Crippen molar-refractivity contribution in [2.24, 2.45) is 5.73 Å². The molecule has 0 spiro atoms. The van der Waals surface area contributed by atoms with Crippen molar-refractivity contribution in [1.82, 2.24) is 4.90 Å². The van der Waals surface area contributed by atoms with Crippen LogP contribution in [0.3, 0.4) is 0 Å². The summed E-state index contributed by atoms with van der Waals surface area (Å²) >= 11 is 0. The average Bonchev–Trinajstić information content (AvgIpc) is 2.42. The van der Waals surface area contributed by atoms with E-state index in [4.69, 9.17) is 5.73 Å². The summed E-state index contributed by atoms with van der Waals surface area (Å²) in [4.78, 5) is 15.8. The van der Waals surface area contributed by atoms with Gasteiger partial charge in [0.2, 0.25) is 5.91 Å². The highest BCUT2D eigenvalue weighted by molar-refractivity contribution is 5.83. The Hall–Kier alpha value is -1.55. The third-order valence-corrected chi connectivity index (χ3v) is 3.68. The smallest absolute Gasteiger partial charge is 0.242 e. The van der Waals surface area contributed by atoms with Gasteiger partial charge in [0.15, 0.2) is 0 Å². The normalized spacial score (nSPS) is 20.4. The number of carbonyl (C=O) groups excluding carboxylic acids is 1. The minimum atomic E-state index is 0.108. The zero-order chi connectivity index (χ0) is 13.1.